The van der Waals surface area contributed by atoms with Crippen molar-refractivity contribution in [3.05, 3.63) is 35.5 Å². The summed E-state index contributed by atoms with van der Waals surface area (Å²) >= 11 is 5.81. The summed E-state index contributed by atoms with van der Waals surface area (Å²) < 4.78 is 4.95. The van der Waals surface area contributed by atoms with Crippen molar-refractivity contribution >= 4 is 28.5 Å². The normalized spacial score (nSPS) is 10.3. The zero-order chi connectivity index (χ0) is 10.8. The minimum atomic E-state index is -0.343. The Morgan fingerprint density at radius 2 is 2.20 bits per heavy atom. The van der Waals surface area contributed by atoms with Gasteiger partial charge >= 0.3 is 5.97 Å². The van der Waals surface area contributed by atoms with E-state index in [1.165, 1.54) is 6.92 Å². The fraction of sp³-hybridized carbons (Fsp3) is 0.0909. The second-order valence-corrected chi connectivity index (χ2v) is 3.54. The highest BCUT2D eigenvalue weighted by molar-refractivity contribution is 6.31. The Hall–Kier alpha value is -1.61. The molecule has 0 fully saturated rings. The van der Waals surface area contributed by atoms with E-state index in [0.717, 1.165) is 10.9 Å². The topological polar surface area (TPSA) is 39.2 Å². The smallest absolute Gasteiger partial charge is 0.308 e. The lowest BCUT2D eigenvalue weighted by Gasteiger charge is -2.02. The molecule has 0 radical (unpaired) electrons. The van der Waals surface area contributed by atoms with Crippen molar-refractivity contribution in [3.8, 4) is 5.75 Å². The molecule has 0 amide bonds. The molecule has 0 saturated carbocycles. The number of ether oxygens (including phenoxy) is 1. The van der Waals surface area contributed by atoms with Gasteiger partial charge in [-0.3, -0.25) is 9.78 Å². The number of hydrogen-bond donors (Lipinski definition) is 0. The molecule has 1 aromatic heterocycles. The summed E-state index contributed by atoms with van der Waals surface area (Å²) in [5.74, 6) is 0.156. The highest BCUT2D eigenvalue weighted by Crippen LogP contribution is 2.21. The van der Waals surface area contributed by atoms with Gasteiger partial charge in [0.15, 0.2) is 0 Å². The fourth-order valence-electron chi connectivity index (χ4n) is 1.31. The van der Waals surface area contributed by atoms with Gasteiger partial charge in [0.2, 0.25) is 0 Å². The largest absolute Gasteiger partial charge is 0.427 e. The van der Waals surface area contributed by atoms with E-state index in [2.05, 4.69) is 4.98 Å². The average molecular weight is 222 g/mol. The lowest BCUT2D eigenvalue weighted by atomic mass is 10.2. The van der Waals surface area contributed by atoms with E-state index in [0.29, 0.717) is 10.8 Å². The van der Waals surface area contributed by atoms with E-state index >= 15 is 0 Å². The summed E-state index contributed by atoms with van der Waals surface area (Å²) in [6, 6.07) is 6.99. The monoisotopic (exact) mass is 221 g/mol. The zero-order valence-electron chi connectivity index (χ0n) is 8.03. The van der Waals surface area contributed by atoms with Gasteiger partial charge in [-0.1, -0.05) is 11.6 Å². The molecule has 0 aliphatic carbocycles. The van der Waals surface area contributed by atoms with Crippen LogP contribution >= 0.6 is 11.6 Å². The third-order valence-electron chi connectivity index (χ3n) is 1.88. The maximum atomic E-state index is 10.8. The van der Waals surface area contributed by atoms with Crippen molar-refractivity contribution < 1.29 is 9.53 Å². The van der Waals surface area contributed by atoms with Crippen molar-refractivity contribution in [3.63, 3.8) is 0 Å². The minimum Gasteiger partial charge on any atom is -0.427 e. The van der Waals surface area contributed by atoms with Gasteiger partial charge < -0.3 is 4.74 Å². The molecular formula is C11H8ClNO2. The van der Waals surface area contributed by atoms with E-state index < -0.39 is 0 Å². The number of hydrogen-bond acceptors (Lipinski definition) is 3. The highest BCUT2D eigenvalue weighted by Gasteiger charge is 2.01. The summed E-state index contributed by atoms with van der Waals surface area (Å²) in [6.07, 6.45) is 1.58. The quantitative estimate of drug-likeness (QED) is 0.549. The number of pyridine rings is 1. The van der Waals surface area contributed by atoms with Crippen LogP contribution in [0, 0.1) is 0 Å². The van der Waals surface area contributed by atoms with Crippen molar-refractivity contribution in [2.75, 3.05) is 0 Å². The second kappa shape index (κ2) is 3.87. The predicted molar refractivity (Wildman–Crippen MR) is 58.1 cm³/mol. The predicted octanol–water partition coefficient (Wildman–Crippen LogP) is 2.81. The summed E-state index contributed by atoms with van der Waals surface area (Å²) in [6.45, 7) is 1.36. The molecular weight excluding hydrogens is 214 g/mol. The first-order chi connectivity index (χ1) is 7.15. The number of fused-ring (bicyclic) bond motifs is 1. The molecule has 4 heteroatoms. The van der Waals surface area contributed by atoms with Gasteiger partial charge in [0.05, 0.1) is 10.5 Å². The molecule has 0 unspecified atom stereocenters. The van der Waals surface area contributed by atoms with Crippen LogP contribution in [0.2, 0.25) is 5.02 Å². The Bertz CT molecular complexity index is 525. The number of halogens is 1. The first kappa shape index (κ1) is 9.93. The van der Waals surface area contributed by atoms with Crippen LogP contribution in [0.4, 0.5) is 0 Å². The zero-order valence-corrected chi connectivity index (χ0v) is 8.78. The Labute approximate surface area is 91.6 Å². The molecule has 15 heavy (non-hydrogen) atoms. The third kappa shape index (κ3) is 2.25. The highest BCUT2D eigenvalue weighted by atomic mass is 35.5. The van der Waals surface area contributed by atoms with E-state index in [1.807, 2.05) is 0 Å². The molecule has 2 rings (SSSR count). The number of aromatic nitrogens is 1. The van der Waals surface area contributed by atoms with Crippen molar-refractivity contribution in [2.24, 2.45) is 0 Å². The molecule has 0 saturated heterocycles. The molecule has 76 valence electrons. The molecule has 0 aliphatic heterocycles. The third-order valence-corrected chi connectivity index (χ3v) is 2.09. The van der Waals surface area contributed by atoms with Crippen LogP contribution in [-0.4, -0.2) is 11.0 Å². The Kier molecular flexibility index (Phi) is 2.56. The number of rotatable bonds is 1. The van der Waals surface area contributed by atoms with E-state index in [9.17, 15) is 4.79 Å². The van der Waals surface area contributed by atoms with Crippen molar-refractivity contribution in [1.29, 1.82) is 0 Å². The average Bonchev–Trinajstić information content (AvgIpc) is 2.16. The van der Waals surface area contributed by atoms with Crippen LogP contribution in [0.15, 0.2) is 30.5 Å². The van der Waals surface area contributed by atoms with E-state index in [-0.39, 0.29) is 5.97 Å². The molecule has 0 aliphatic rings. The summed E-state index contributed by atoms with van der Waals surface area (Å²) in [4.78, 5) is 14.9. The summed E-state index contributed by atoms with van der Waals surface area (Å²) in [5.41, 5.74) is 0.815. The second-order valence-electron chi connectivity index (χ2n) is 3.10. The van der Waals surface area contributed by atoms with Crippen LogP contribution in [0.3, 0.4) is 0 Å². The molecule has 0 spiro atoms. The van der Waals surface area contributed by atoms with Gasteiger partial charge in [0.25, 0.3) is 0 Å². The van der Waals surface area contributed by atoms with Gasteiger partial charge in [0.1, 0.15) is 5.75 Å². The molecule has 2 aromatic rings. The van der Waals surface area contributed by atoms with E-state index in [1.54, 1.807) is 30.5 Å². The Morgan fingerprint density at radius 3 is 2.93 bits per heavy atom. The molecule has 0 bridgehead atoms. The van der Waals surface area contributed by atoms with Crippen molar-refractivity contribution in [1.82, 2.24) is 4.98 Å². The van der Waals surface area contributed by atoms with Gasteiger partial charge in [0, 0.05) is 18.5 Å². The number of esters is 1. The van der Waals surface area contributed by atoms with Crippen LogP contribution in [0.25, 0.3) is 10.9 Å². The summed E-state index contributed by atoms with van der Waals surface area (Å²) in [5, 5.41) is 1.41. The van der Waals surface area contributed by atoms with Gasteiger partial charge in [-0.25, -0.2) is 0 Å². The molecule has 1 aromatic carbocycles. The number of carbonyl (C=O) groups excluding carboxylic acids is 1. The molecule has 3 nitrogen and oxygen atoms in total. The number of benzene rings is 1. The first-order valence-corrected chi connectivity index (χ1v) is 4.77. The lowest BCUT2D eigenvalue weighted by molar-refractivity contribution is -0.131. The van der Waals surface area contributed by atoms with Crippen LogP contribution in [0.1, 0.15) is 6.92 Å². The van der Waals surface area contributed by atoms with Gasteiger partial charge in [-0.2, -0.15) is 0 Å². The number of nitrogens with zero attached hydrogens (tertiary/aromatic N) is 1. The summed E-state index contributed by atoms with van der Waals surface area (Å²) in [7, 11) is 0. The molecule has 1 heterocycles. The Morgan fingerprint density at radius 1 is 1.40 bits per heavy atom. The Balaban J connectivity index is 2.49. The first-order valence-electron chi connectivity index (χ1n) is 4.39. The minimum absolute atomic E-state index is 0.343. The fourth-order valence-corrected chi connectivity index (χ4v) is 1.48. The van der Waals surface area contributed by atoms with Crippen LogP contribution in [0.5, 0.6) is 5.75 Å². The maximum Gasteiger partial charge on any atom is 0.308 e. The van der Waals surface area contributed by atoms with E-state index in [4.69, 9.17) is 16.3 Å². The standard InChI is InChI=1S/C11H8ClNO2/c1-7(14)15-10-2-3-11-8(5-10)4-9(12)6-13-11/h2-6H,1H3. The number of carbonyl (C=O) groups is 1. The molecule has 0 N–H and O–H groups in total. The van der Waals surface area contributed by atoms with Crippen LogP contribution in [-0.2, 0) is 4.79 Å². The van der Waals surface area contributed by atoms with Crippen molar-refractivity contribution in [2.45, 2.75) is 6.92 Å². The maximum absolute atomic E-state index is 10.8. The SMILES string of the molecule is CC(=O)Oc1ccc2ncc(Cl)cc2c1. The molecule has 0 atom stereocenters. The lowest BCUT2D eigenvalue weighted by Crippen LogP contribution is -2.00. The van der Waals surface area contributed by atoms with Crippen LogP contribution < -0.4 is 4.74 Å². The van der Waals surface area contributed by atoms with Gasteiger partial charge in [-0.15, -0.1) is 0 Å². The van der Waals surface area contributed by atoms with Gasteiger partial charge in [-0.05, 0) is 24.3 Å².